The Kier molecular flexibility index (Phi) is 3.95. The van der Waals surface area contributed by atoms with Crippen LogP contribution in [0, 0.1) is 0 Å². The molecule has 3 N–H and O–H groups in total. The maximum absolute atomic E-state index is 12.1. The largest absolute Gasteiger partial charge is 0.399 e. The van der Waals surface area contributed by atoms with Gasteiger partial charge in [-0.3, -0.25) is 4.79 Å². The van der Waals surface area contributed by atoms with Gasteiger partial charge in [0, 0.05) is 38.1 Å². The molecule has 1 aromatic carbocycles. The number of nitrogens with two attached hydrogens (primary N) is 1. The summed E-state index contributed by atoms with van der Waals surface area (Å²) < 4.78 is 0. The number of amides is 1. The first kappa shape index (κ1) is 13.7. The van der Waals surface area contributed by atoms with Gasteiger partial charge in [0.1, 0.15) is 0 Å². The molecule has 1 saturated heterocycles. The lowest BCUT2D eigenvalue weighted by molar-refractivity contribution is 0.0828. The summed E-state index contributed by atoms with van der Waals surface area (Å²) in [5, 5.41) is 3.45. The van der Waals surface area contributed by atoms with Crippen molar-refractivity contribution in [2.45, 2.75) is 12.5 Å². The number of anilines is 2. The van der Waals surface area contributed by atoms with Crippen molar-refractivity contribution < 1.29 is 4.79 Å². The highest BCUT2D eigenvalue weighted by Gasteiger charge is 2.21. The molecule has 1 heterocycles. The molecular weight excluding hydrogens is 240 g/mol. The highest BCUT2D eigenvalue weighted by molar-refractivity contribution is 6.00. The first-order valence-corrected chi connectivity index (χ1v) is 6.53. The van der Waals surface area contributed by atoms with E-state index in [1.54, 1.807) is 31.1 Å². The standard InChI is InChI=1S/C14H22N4O/c1-17(2)14(19)12-5-4-10(15)8-13(12)16-11-6-7-18(3)9-11/h4-5,8,11,16H,6-7,9,15H2,1-3H3. The Morgan fingerprint density at radius 3 is 2.79 bits per heavy atom. The maximum Gasteiger partial charge on any atom is 0.255 e. The lowest BCUT2D eigenvalue weighted by atomic mass is 10.1. The smallest absolute Gasteiger partial charge is 0.255 e. The van der Waals surface area contributed by atoms with E-state index >= 15 is 0 Å². The topological polar surface area (TPSA) is 61.6 Å². The molecule has 0 spiro atoms. The molecular formula is C14H22N4O. The van der Waals surface area contributed by atoms with Crippen LogP contribution < -0.4 is 11.1 Å². The minimum absolute atomic E-state index is 0.00569. The number of hydrogen-bond donors (Lipinski definition) is 2. The van der Waals surface area contributed by atoms with Crippen molar-refractivity contribution in [3.8, 4) is 0 Å². The fraction of sp³-hybridized carbons (Fsp3) is 0.500. The van der Waals surface area contributed by atoms with Gasteiger partial charge < -0.3 is 20.9 Å². The zero-order valence-electron chi connectivity index (χ0n) is 11.8. The van der Waals surface area contributed by atoms with Crippen molar-refractivity contribution in [3.63, 3.8) is 0 Å². The lowest BCUT2D eigenvalue weighted by Gasteiger charge is -2.19. The van der Waals surface area contributed by atoms with Crippen molar-refractivity contribution >= 4 is 17.3 Å². The van der Waals surface area contributed by atoms with E-state index in [1.807, 2.05) is 6.07 Å². The fourth-order valence-electron chi connectivity index (χ4n) is 2.38. The number of hydrogen-bond acceptors (Lipinski definition) is 4. The average Bonchev–Trinajstić information content (AvgIpc) is 2.74. The highest BCUT2D eigenvalue weighted by atomic mass is 16.2. The summed E-state index contributed by atoms with van der Waals surface area (Å²) in [5.41, 5.74) is 8.01. The van der Waals surface area contributed by atoms with Crippen molar-refractivity contribution in [3.05, 3.63) is 23.8 Å². The Bertz CT molecular complexity index is 473. The van der Waals surface area contributed by atoms with E-state index in [4.69, 9.17) is 5.73 Å². The van der Waals surface area contributed by atoms with Crippen LogP contribution in [0.25, 0.3) is 0 Å². The van der Waals surface area contributed by atoms with Crippen LogP contribution in [0.3, 0.4) is 0 Å². The molecule has 5 heteroatoms. The summed E-state index contributed by atoms with van der Waals surface area (Å²) in [4.78, 5) is 16.0. The van der Waals surface area contributed by atoms with E-state index in [1.165, 1.54) is 0 Å². The number of benzene rings is 1. The molecule has 0 aliphatic carbocycles. The quantitative estimate of drug-likeness (QED) is 0.800. The third-order valence-corrected chi connectivity index (χ3v) is 3.43. The number of nitrogens with zero attached hydrogens (tertiary/aromatic N) is 2. The predicted octanol–water partition coefficient (Wildman–Crippen LogP) is 1.09. The molecule has 2 rings (SSSR count). The van der Waals surface area contributed by atoms with E-state index < -0.39 is 0 Å². The van der Waals surface area contributed by atoms with Gasteiger partial charge >= 0.3 is 0 Å². The van der Waals surface area contributed by atoms with Crippen LogP contribution in [-0.2, 0) is 0 Å². The first-order chi connectivity index (χ1) is 8.97. The lowest BCUT2D eigenvalue weighted by Crippen LogP contribution is -2.27. The van der Waals surface area contributed by atoms with Crippen LogP contribution in [0.15, 0.2) is 18.2 Å². The molecule has 5 nitrogen and oxygen atoms in total. The van der Waals surface area contributed by atoms with E-state index in [0.717, 1.165) is 25.2 Å². The van der Waals surface area contributed by atoms with Gasteiger partial charge in [0.15, 0.2) is 0 Å². The Labute approximate surface area is 114 Å². The number of nitrogen functional groups attached to an aromatic ring is 1. The molecule has 0 saturated carbocycles. The summed E-state index contributed by atoms with van der Waals surface area (Å²) in [6.45, 7) is 2.07. The van der Waals surface area contributed by atoms with E-state index in [0.29, 0.717) is 17.3 Å². The zero-order chi connectivity index (χ0) is 14.0. The Morgan fingerprint density at radius 2 is 2.21 bits per heavy atom. The molecule has 0 bridgehead atoms. The predicted molar refractivity (Wildman–Crippen MR) is 78.4 cm³/mol. The monoisotopic (exact) mass is 262 g/mol. The second-order valence-electron chi connectivity index (χ2n) is 5.40. The second-order valence-corrected chi connectivity index (χ2v) is 5.40. The average molecular weight is 262 g/mol. The van der Waals surface area contributed by atoms with Gasteiger partial charge in [0.2, 0.25) is 0 Å². The summed E-state index contributed by atoms with van der Waals surface area (Å²) in [6.07, 6.45) is 1.08. The fourth-order valence-corrected chi connectivity index (χ4v) is 2.38. The van der Waals surface area contributed by atoms with Gasteiger partial charge in [0.05, 0.1) is 5.56 Å². The number of carbonyl (C=O) groups is 1. The normalized spacial score (nSPS) is 19.4. The van der Waals surface area contributed by atoms with Gasteiger partial charge in [0.25, 0.3) is 5.91 Å². The molecule has 1 unspecified atom stereocenters. The van der Waals surface area contributed by atoms with Gasteiger partial charge in [-0.1, -0.05) is 0 Å². The molecule has 1 aliphatic heterocycles. The van der Waals surface area contributed by atoms with Gasteiger partial charge in [-0.2, -0.15) is 0 Å². The molecule has 19 heavy (non-hydrogen) atoms. The first-order valence-electron chi connectivity index (χ1n) is 6.53. The Hall–Kier alpha value is -1.75. The molecule has 1 aliphatic rings. The summed E-state index contributed by atoms with van der Waals surface area (Å²) in [6, 6.07) is 5.77. The Morgan fingerprint density at radius 1 is 1.47 bits per heavy atom. The SMILES string of the molecule is CN1CCC(Nc2cc(N)ccc2C(=O)N(C)C)C1. The van der Waals surface area contributed by atoms with Crippen molar-refractivity contribution in [2.75, 3.05) is 45.3 Å². The molecule has 0 radical (unpaired) electrons. The highest BCUT2D eigenvalue weighted by Crippen LogP contribution is 2.23. The minimum Gasteiger partial charge on any atom is -0.399 e. The molecule has 1 atom stereocenters. The van der Waals surface area contributed by atoms with E-state index in [9.17, 15) is 4.79 Å². The number of rotatable bonds is 3. The van der Waals surface area contributed by atoms with Gasteiger partial charge in [-0.05, 0) is 38.2 Å². The second kappa shape index (κ2) is 5.48. The van der Waals surface area contributed by atoms with Crippen LogP contribution in [0.2, 0.25) is 0 Å². The third kappa shape index (κ3) is 3.17. The molecule has 1 fully saturated rings. The number of carbonyl (C=O) groups excluding carboxylic acids is 1. The number of nitrogens with one attached hydrogen (secondary N) is 1. The summed E-state index contributed by atoms with van der Waals surface area (Å²) in [5.74, 6) is -0.00569. The van der Waals surface area contributed by atoms with Gasteiger partial charge in [-0.15, -0.1) is 0 Å². The summed E-state index contributed by atoms with van der Waals surface area (Å²) >= 11 is 0. The van der Waals surface area contributed by atoms with Crippen molar-refractivity contribution in [1.82, 2.24) is 9.80 Å². The van der Waals surface area contributed by atoms with Crippen LogP contribution in [-0.4, -0.2) is 56.0 Å². The van der Waals surface area contributed by atoms with Gasteiger partial charge in [-0.25, -0.2) is 0 Å². The van der Waals surface area contributed by atoms with E-state index in [-0.39, 0.29) is 5.91 Å². The van der Waals surface area contributed by atoms with Crippen LogP contribution >= 0.6 is 0 Å². The van der Waals surface area contributed by atoms with E-state index in [2.05, 4.69) is 17.3 Å². The zero-order valence-corrected chi connectivity index (χ0v) is 11.8. The summed E-state index contributed by atoms with van der Waals surface area (Å²) in [7, 11) is 5.62. The number of likely N-dealkylation sites (tertiary alicyclic amines) is 1. The molecule has 1 amide bonds. The van der Waals surface area contributed by atoms with Crippen LogP contribution in [0.1, 0.15) is 16.8 Å². The van der Waals surface area contributed by atoms with Crippen molar-refractivity contribution in [1.29, 1.82) is 0 Å². The number of likely N-dealkylation sites (N-methyl/N-ethyl adjacent to an activating group) is 1. The third-order valence-electron chi connectivity index (χ3n) is 3.43. The molecule has 0 aromatic heterocycles. The van der Waals surface area contributed by atoms with Crippen LogP contribution in [0.5, 0.6) is 0 Å². The van der Waals surface area contributed by atoms with Crippen LogP contribution in [0.4, 0.5) is 11.4 Å². The maximum atomic E-state index is 12.1. The molecule has 104 valence electrons. The minimum atomic E-state index is -0.00569. The molecule has 1 aromatic rings. The van der Waals surface area contributed by atoms with Crippen molar-refractivity contribution in [2.24, 2.45) is 0 Å². The Balaban J connectivity index is 2.22.